The van der Waals surface area contributed by atoms with Gasteiger partial charge in [0, 0.05) is 57.2 Å². The predicted octanol–water partition coefficient (Wildman–Crippen LogP) is 1.27. The van der Waals surface area contributed by atoms with Crippen LogP contribution in [0.25, 0.3) is 11.3 Å². The van der Waals surface area contributed by atoms with Crippen LogP contribution in [0.4, 0.5) is 11.9 Å². The number of aromatic amines is 1. The van der Waals surface area contributed by atoms with Gasteiger partial charge in [0.15, 0.2) is 0 Å². The van der Waals surface area contributed by atoms with E-state index in [1.54, 1.807) is 6.20 Å². The topological polar surface area (TPSA) is 99.3 Å². The molecule has 0 aromatic carbocycles. The molecule has 29 heavy (non-hydrogen) atoms. The van der Waals surface area contributed by atoms with E-state index in [0.29, 0.717) is 18.2 Å². The van der Waals surface area contributed by atoms with E-state index in [2.05, 4.69) is 37.0 Å². The lowest BCUT2D eigenvalue weighted by atomic mass is 10.1. The van der Waals surface area contributed by atoms with Gasteiger partial charge in [-0.25, -0.2) is 15.0 Å². The maximum Gasteiger partial charge on any atom is 0.252 e. The van der Waals surface area contributed by atoms with Gasteiger partial charge in [0.1, 0.15) is 0 Å². The fourth-order valence-electron chi connectivity index (χ4n) is 3.82. The number of anilines is 2. The number of likely N-dealkylation sites (N-methyl/N-ethyl adjacent to an activating group) is 1. The fraction of sp³-hybridized carbons (Fsp3) is 0.600. The number of ether oxygens (including phenoxy) is 1. The molecular weight excluding hydrogens is 370 g/mol. The molecule has 1 unspecified atom stereocenters. The minimum atomic E-state index is -0.205. The number of nitrogens with one attached hydrogen (secondary N) is 2. The van der Waals surface area contributed by atoms with Crippen molar-refractivity contribution in [3.63, 3.8) is 0 Å². The smallest absolute Gasteiger partial charge is 0.252 e. The molecule has 0 saturated carbocycles. The molecule has 2 aliphatic rings. The minimum absolute atomic E-state index is 0.168. The fourth-order valence-corrected chi connectivity index (χ4v) is 3.82. The molecule has 4 rings (SSSR count). The first-order valence-electron chi connectivity index (χ1n) is 10.4. The number of nitrogens with zero attached hydrogens (tertiary/aromatic N) is 5. The summed E-state index contributed by atoms with van der Waals surface area (Å²) in [6.07, 6.45) is 4.04. The van der Waals surface area contributed by atoms with E-state index in [1.165, 1.54) is 6.07 Å². The van der Waals surface area contributed by atoms with Crippen molar-refractivity contribution < 1.29 is 4.74 Å². The molecule has 2 aliphatic heterocycles. The van der Waals surface area contributed by atoms with Crippen molar-refractivity contribution in [3.05, 3.63) is 28.3 Å². The van der Waals surface area contributed by atoms with E-state index in [-0.39, 0.29) is 11.7 Å². The SMILES string of the molecule is CCN1CCN(c2ncc(-c3cc(=O)[nH]c(NCC4CCCO4)n3)c(C)n2)CC1. The maximum absolute atomic E-state index is 12.1. The summed E-state index contributed by atoms with van der Waals surface area (Å²) in [4.78, 5) is 33.3. The summed E-state index contributed by atoms with van der Waals surface area (Å²) in [6.45, 7) is 10.5. The highest BCUT2D eigenvalue weighted by molar-refractivity contribution is 5.62. The van der Waals surface area contributed by atoms with Crippen molar-refractivity contribution in [3.8, 4) is 11.3 Å². The number of piperazine rings is 1. The lowest BCUT2D eigenvalue weighted by molar-refractivity contribution is 0.120. The van der Waals surface area contributed by atoms with E-state index >= 15 is 0 Å². The summed E-state index contributed by atoms with van der Waals surface area (Å²) in [7, 11) is 0. The van der Waals surface area contributed by atoms with E-state index in [4.69, 9.17) is 9.72 Å². The average Bonchev–Trinajstić information content (AvgIpc) is 3.25. The molecule has 0 bridgehead atoms. The van der Waals surface area contributed by atoms with Crippen molar-refractivity contribution in [1.29, 1.82) is 0 Å². The number of rotatable bonds is 6. The second-order valence-corrected chi connectivity index (χ2v) is 7.59. The van der Waals surface area contributed by atoms with Gasteiger partial charge < -0.3 is 19.9 Å². The Labute approximate surface area is 170 Å². The van der Waals surface area contributed by atoms with Crippen LogP contribution in [0.5, 0.6) is 0 Å². The molecule has 2 aromatic heterocycles. The Bertz CT molecular complexity index is 887. The summed E-state index contributed by atoms with van der Waals surface area (Å²) in [5.41, 5.74) is 1.95. The second-order valence-electron chi connectivity index (χ2n) is 7.59. The largest absolute Gasteiger partial charge is 0.376 e. The van der Waals surface area contributed by atoms with Gasteiger partial charge in [-0.1, -0.05) is 6.92 Å². The van der Waals surface area contributed by atoms with Crippen LogP contribution in [-0.2, 0) is 4.74 Å². The van der Waals surface area contributed by atoms with Gasteiger partial charge in [-0.3, -0.25) is 9.78 Å². The number of H-pyrrole nitrogens is 1. The molecule has 156 valence electrons. The van der Waals surface area contributed by atoms with Crippen LogP contribution in [0.3, 0.4) is 0 Å². The standard InChI is InChI=1S/C20H29N7O2/c1-3-26-6-8-27(9-7-26)20-22-13-16(14(2)23-20)17-11-18(28)25-19(24-17)21-12-15-5-4-10-29-15/h11,13,15H,3-10,12H2,1-2H3,(H2,21,24,25,28). The molecule has 2 N–H and O–H groups in total. The molecule has 2 fully saturated rings. The summed E-state index contributed by atoms with van der Waals surface area (Å²) in [5, 5.41) is 3.18. The van der Waals surface area contributed by atoms with Gasteiger partial charge in [0.25, 0.3) is 5.56 Å². The monoisotopic (exact) mass is 399 g/mol. The number of aromatic nitrogens is 4. The highest BCUT2D eigenvalue weighted by Gasteiger charge is 2.19. The van der Waals surface area contributed by atoms with Gasteiger partial charge in [-0.15, -0.1) is 0 Å². The Kier molecular flexibility index (Phi) is 6.05. The Morgan fingerprint density at radius 3 is 2.79 bits per heavy atom. The van der Waals surface area contributed by atoms with Crippen LogP contribution < -0.4 is 15.8 Å². The Morgan fingerprint density at radius 1 is 1.28 bits per heavy atom. The first-order chi connectivity index (χ1) is 14.1. The van der Waals surface area contributed by atoms with E-state index < -0.39 is 0 Å². The highest BCUT2D eigenvalue weighted by atomic mass is 16.5. The molecule has 0 amide bonds. The molecule has 9 heteroatoms. The van der Waals surface area contributed by atoms with E-state index in [0.717, 1.165) is 69.4 Å². The summed E-state index contributed by atoms with van der Waals surface area (Å²) in [5.74, 6) is 1.19. The van der Waals surface area contributed by atoms with Gasteiger partial charge in [0.05, 0.1) is 17.5 Å². The van der Waals surface area contributed by atoms with Crippen LogP contribution in [0, 0.1) is 6.92 Å². The van der Waals surface area contributed by atoms with Gasteiger partial charge in [-0.2, -0.15) is 0 Å². The summed E-state index contributed by atoms with van der Waals surface area (Å²) >= 11 is 0. The van der Waals surface area contributed by atoms with Gasteiger partial charge >= 0.3 is 0 Å². The Balaban J connectivity index is 1.49. The lowest BCUT2D eigenvalue weighted by Crippen LogP contribution is -2.46. The van der Waals surface area contributed by atoms with Crippen LogP contribution in [0.1, 0.15) is 25.5 Å². The van der Waals surface area contributed by atoms with Crippen LogP contribution >= 0.6 is 0 Å². The molecule has 2 aromatic rings. The number of hydrogen-bond acceptors (Lipinski definition) is 8. The van der Waals surface area contributed by atoms with E-state index in [1.807, 2.05) is 6.92 Å². The molecule has 9 nitrogen and oxygen atoms in total. The lowest BCUT2D eigenvalue weighted by Gasteiger charge is -2.34. The zero-order chi connectivity index (χ0) is 20.2. The molecule has 0 aliphatic carbocycles. The average molecular weight is 399 g/mol. The number of aryl methyl sites for hydroxylation is 1. The number of hydrogen-bond donors (Lipinski definition) is 2. The second kappa shape index (κ2) is 8.87. The zero-order valence-electron chi connectivity index (χ0n) is 17.1. The Morgan fingerprint density at radius 2 is 2.10 bits per heavy atom. The third kappa shape index (κ3) is 4.73. The Hall–Kier alpha value is -2.52. The third-order valence-corrected chi connectivity index (χ3v) is 5.61. The van der Waals surface area contributed by atoms with Gasteiger partial charge in [-0.05, 0) is 26.3 Å². The normalized spacial score (nSPS) is 20.2. The summed E-state index contributed by atoms with van der Waals surface area (Å²) in [6, 6.07) is 1.49. The first kappa shape index (κ1) is 19.8. The molecule has 4 heterocycles. The van der Waals surface area contributed by atoms with Crippen molar-refractivity contribution in [2.24, 2.45) is 0 Å². The highest BCUT2D eigenvalue weighted by Crippen LogP contribution is 2.22. The van der Waals surface area contributed by atoms with Gasteiger partial charge in [0.2, 0.25) is 11.9 Å². The van der Waals surface area contributed by atoms with Crippen molar-refractivity contribution in [1.82, 2.24) is 24.8 Å². The first-order valence-corrected chi connectivity index (χ1v) is 10.4. The summed E-state index contributed by atoms with van der Waals surface area (Å²) < 4.78 is 5.61. The van der Waals surface area contributed by atoms with Crippen molar-refractivity contribution >= 4 is 11.9 Å². The predicted molar refractivity (Wildman–Crippen MR) is 112 cm³/mol. The van der Waals surface area contributed by atoms with Crippen LogP contribution in [0.15, 0.2) is 17.1 Å². The molecule has 0 spiro atoms. The van der Waals surface area contributed by atoms with Crippen molar-refractivity contribution in [2.75, 3.05) is 56.1 Å². The van der Waals surface area contributed by atoms with E-state index in [9.17, 15) is 4.79 Å². The molecular formula is C20H29N7O2. The quantitative estimate of drug-likeness (QED) is 0.749. The van der Waals surface area contributed by atoms with Crippen LogP contribution in [0.2, 0.25) is 0 Å². The van der Waals surface area contributed by atoms with Crippen molar-refractivity contribution in [2.45, 2.75) is 32.8 Å². The third-order valence-electron chi connectivity index (χ3n) is 5.61. The molecule has 2 saturated heterocycles. The maximum atomic E-state index is 12.1. The molecule has 0 radical (unpaired) electrons. The minimum Gasteiger partial charge on any atom is -0.376 e. The molecule has 1 atom stereocenters. The zero-order valence-corrected chi connectivity index (χ0v) is 17.1. The van der Waals surface area contributed by atoms with Crippen LogP contribution in [-0.4, -0.2) is 76.8 Å².